The highest BCUT2D eigenvalue weighted by atomic mass is 35.5. The van der Waals surface area contributed by atoms with Gasteiger partial charge >= 0.3 is 0 Å². The van der Waals surface area contributed by atoms with E-state index in [9.17, 15) is 4.79 Å². The second-order valence-corrected chi connectivity index (χ2v) is 10.6. The van der Waals surface area contributed by atoms with E-state index in [1.54, 1.807) is 19.4 Å². The van der Waals surface area contributed by atoms with Gasteiger partial charge in [0, 0.05) is 29.3 Å². The SMILES string of the molecule is C=C(Nc1c(C(C)=O)cnc(-c2c(C/C=C/COC)c(Cl)cc3[nH]ncc23)c1F)OCC12CCCN1CCC2. The highest BCUT2D eigenvalue weighted by Crippen LogP contribution is 2.41. The Morgan fingerprint density at radius 3 is 2.79 bits per heavy atom. The zero-order chi connectivity index (χ0) is 27.6. The van der Waals surface area contributed by atoms with E-state index in [2.05, 4.69) is 32.0 Å². The summed E-state index contributed by atoms with van der Waals surface area (Å²) in [6, 6.07) is 1.76. The lowest BCUT2D eigenvalue weighted by Gasteiger charge is -2.32. The number of anilines is 1. The number of hydrogen-bond donors (Lipinski definition) is 2. The second-order valence-electron chi connectivity index (χ2n) is 10.2. The molecule has 8 nitrogen and oxygen atoms in total. The smallest absolute Gasteiger partial charge is 0.183 e. The van der Waals surface area contributed by atoms with Gasteiger partial charge in [-0.2, -0.15) is 5.10 Å². The monoisotopic (exact) mass is 553 g/mol. The van der Waals surface area contributed by atoms with Crippen molar-refractivity contribution in [2.75, 3.05) is 38.7 Å². The highest BCUT2D eigenvalue weighted by Gasteiger charge is 2.44. The number of nitrogens with zero attached hydrogens (tertiary/aromatic N) is 3. The number of aromatic nitrogens is 3. The number of ketones is 1. The van der Waals surface area contributed by atoms with Gasteiger partial charge in [-0.3, -0.25) is 19.8 Å². The molecule has 0 bridgehead atoms. The van der Waals surface area contributed by atoms with Crippen LogP contribution in [0.3, 0.4) is 0 Å². The Hall–Kier alpha value is -3.27. The van der Waals surface area contributed by atoms with Gasteiger partial charge in [-0.1, -0.05) is 23.8 Å². The van der Waals surface area contributed by atoms with Crippen LogP contribution >= 0.6 is 11.6 Å². The lowest BCUT2D eigenvalue weighted by molar-refractivity contribution is 0.0755. The maximum atomic E-state index is 16.4. The molecule has 2 saturated heterocycles. The van der Waals surface area contributed by atoms with Crippen molar-refractivity contribution in [2.45, 2.75) is 44.6 Å². The molecule has 0 unspecified atom stereocenters. The second kappa shape index (κ2) is 11.5. The first kappa shape index (κ1) is 27.3. The fourth-order valence-corrected chi connectivity index (χ4v) is 6.13. The number of nitrogens with one attached hydrogen (secondary N) is 2. The normalized spacial score (nSPS) is 16.7. The molecule has 206 valence electrons. The highest BCUT2D eigenvalue weighted by molar-refractivity contribution is 6.33. The number of hydrogen-bond acceptors (Lipinski definition) is 7. The van der Waals surface area contributed by atoms with Gasteiger partial charge in [-0.25, -0.2) is 4.39 Å². The lowest BCUT2D eigenvalue weighted by Crippen LogP contribution is -2.42. The summed E-state index contributed by atoms with van der Waals surface area (Å²) in [5.41, 5.74) is 1.97. The van der Waals surface area contributed by atoms with Crippen molar-refractivity contribution >= 4 is 34.0 Å². The number of benzene rings is 1. The molecule has 1 aromatic carbocycles. The van der Waals surface area contributed by atoms with Crippen LogP contribution in [0.5, 0.6) is 0 Å². The van der Waals surface area contributed by atoms with Crippen LogP contribution in [0.1, 0.15) is 48.5 Å². The van der Waals surface area contributed by atoms with Crippen molar-refractivity contribution in [2.24, 2.45) is 0 Å². The van der Waals surface area contributed by atoms with Crippen molar-refractivity contribution < 1.29 is 18.7 Å². The molecule has 0 spiro atoms. The fraction of sp³-hybridized carbons (Fsp3) is 0.414. The number of carbonyl (C=O) groups excluding carboxylic acids is 1. The zero-order valence-corrected chi connectivity index (χ0v) is 23.0. The van der Waals surface area contributed by atoms with Gasteiger partial charge in [0.1, 0.15) is 12.3 Å². The van der Waals surface area contributed by atoms with E-state index in [0.717, 1.165) is 38.8 Å². The first-order valence-electron chi connectivity index (χ1n) is 13.2. The van der Waals surface area contributed by atoms with Crippen LogP contribution in [0, 0.1) is 5.82 Å². The van der Waals surface area contributed by atoms with Gasteiger partial charge in [-0.15, -0.1) is 0 Å². The number of carbonyl (C=O) groups is 1. The van der Waals surface area contributed by atoms with Crippen molar-refractivity contribution in [3.05, 3.63) is 65.0 Å². The van der Waals surface area contributed by atoms with Crippen LogP contribution < -0.4 is 5.32 Å². The minimum atomic E-state index is -0.694. The van der Waals surface area contributed by atoms with Gasteiger partial charge in [-0.05, 0) is 70.3 Å². The van der Waals surface area contributed by atoms with Crippen molar-refractivity contribution in [1.82, 2.24) is 20.1 Å². The number of pyridine rings is 1. The van der Waals surface area contributed by atoms with Gasteiger partial charge in [0.05, 0.1) is 35.1 Å². The molecule has 2 aromatic heterocycles. The quantitative estimate of drug-likeness (QED) is 0.174. The average molecular weight is 554 g/mol. The summed E-state index contributed by atoms with van der Waals surface area (Å²) in [5, 5.41) is 11.1. The first-order valence-corrected chi connectivity index (χ1v) is 13.5. The van der Waals surface area contributed by atoms with Crippen LogP contribution in [-0.2, 0) is 15.9 Å². The number of H-pyrrole nitrogens is 1. The summed E-state index contributed by atoms with van der Waals surface area (Å²) < 4.78 is 27.5. The Kier molecular flexibility index (Phi) is 8.02. The number of aromatic amines is 1. The Balaban J connectivity index is 1.51. The fourth-order valence-electron chi connectivity index (χ4n) is 5.84. The minimum Gasteiger partial charge on any atom is -0.477 e. The van der Waals surface area contributed by atoms with Crippen LogP contribution in [0.15, 0.2) is 43.1 Å². The molecule has 0 radical (unpaired) electrons. The van der Waals surface area contributed by atoms with Crippen LogP contribution in [0.2, 0.25) is 5.02 Å². The molecule has 0 amide bonds. The molecular formula is C29H33ClFN5O3. The molecule has 5 rings (SSSR count). The molecule has 3 aromatic rings. The predicted octanol–water partition coefficient (Wildman–Crippen LogP) is 5.89. The van der Waals surface area contributed by atoms with E-state index in [4.69, 9.17) is 21.1 Å². The average Bonchev–Trinajstić information content (AvgIpc) is 3.62. The number of allylic oxidation sites excluding steroid dienone is 1. The molecule has 0 saturated carbocycles. The Labute approximate surface area is 232 Å². The molecule has 4 heterocycles. The summed E-state index contributed by atoms with van der Waals surface area (Å²) >= 11 is 6.66. The molecule has 0 aliphatic carbocycles. The van der Waals surface area contributed by atoms with Crippen LogP contribution in [0.25, 0.3) is 22.2 Å². The maximum Gasteiger partial charge on any atom is 0.183 e. The molecule has 2 fully saturated rings. The number of ether oxygens (including phenoxy) is 2. The van der Waals surface area contributed by atoms with Gasteiger partial charge in [0.2, 0.25) is 0 Å². The number of rotatable bonds is 11. The third-order valence-electron chi connectivity index (χ3n) is 7.78. The Bertz CT molecular complexity index is 1430. The molecule has 10 heteroatoms. The maximum absolute atomic E-state index is 16.4. The van der Waals surface area contributed by atoms with E-state index in [-0.39, 0.29) is 34.2 Å². The summed E-state index contributed by atoms with van der Waals surface area (Å²) in [6.07, 6.45) is 11.6. The molecular weight excluding hydrogens is 521 g/mol. The van der Waals surface area contributed by atoms with E-state index in [0.29, 0.717) is 46.7 Å². The van der Waals surface area contributed by atoms with Gasteiger partial charge < -0.3 is 14.8 Å². The molecule has 0 atom stereocenters. The van der Waals surface area contributed by atoms with Gasteiger partial charge in [0.25, 0.3) is 0 Å². The van der Waals surface area contributed by atoms with E-state index < -0.39 is 5.82 Å². The third-order valence-corrected chi connectivity index (χ3v) is 8.11. The predicted molar refractivity (Wildman–Crippen MR) is 151 cm³/mol. The van der Waals surface area contributed by atoms with Crippen molar-refractivity contribution in [3.63, 3.8) is 0 Å². The van der Waals surface area contributed by atoms with E-state index in [1.807, 2.05) is 12.2 Å². The molecule has 2 aliphatic heterocycles. The number of fused-ring (bicyclic) bond motifs is 2. The van der Waals surface area contributed by atoms with Crippen LogP contribution in [0.4, 0.5) is 10.1 Å². The summed E-state index contributed by atoms with van der Waals surface area (Å²) in [7, 11) is 1.61. The topological polar surface area (TPSA) is 92.4 Å². The standard InChI is InChI=1S/C29H33ClFN5O3/c1-18(37)21-15-32-28(25-20(8-4-5-13-38-3)23(30)14-24-22(25)16-33-35-24)26(31)27(21)34-19(2)39-17-29-9-6-11-36(29)12-7-10-29/h4-5,14-16H,2,6-13,17H2,1,3H3,(H,32,34)(H,33,35)/b5-4+. The number of methoxy groups -OCH3 is 1. The molecule has 39 heavy (non-hydrogen) atoms. The first-order chi connectivity index (χ1) is 18.8. The third kappa shape index (κ3) is 5.31. The zero-order valence-electron chi connectivity index (χ0n) is 22.3. The van der Waals surface area contributed by atoms with Gasteiger partial charge in [0.15, 0.2) is 17.5 Å². The lowest BCUT2D eigenvalue weighted by atomic mass is 9.95. The van der Waals surface area contributed by atoms with Crippen molar-refractivity contribution in [1.29, 1.82) is 0 Å². The number of halogens is 2. The van der Waals surface area contributed by atoms with Crippen molar-refractivity contribution in [3.8, 4) is 11.3 Å². The largest absolute Gasteiger partial charge is 0.477 e. The van der Waals surface area contributed by atoms with E-state index >= 15 is 4.39 Å². The minimum absolute atomic E-state index is 0.00882. The molecule has 2 aliphatic rings. The Morgan fingerprint density at radius 1 is 1.31 bits per heavy atom. The Morgan fingerprint density at radius 2 is 2.08 bits per heavy atom. The molecule has 2 N–H and O–H groups in total. The number of Topliss-reactive ketones (excluding diaryl/α,β-unsaturated/α-hetero) is 1. The van der Waals surface area contributed by atoms with E-state index in [1.165, 1.54) is 13.1 Å². The summed E-state index contributed by atoms with van der Waals surface area (Å²) in [5.74, 6) is -0.841. The summed E-state index contributed by atoms with van der Waals surface area (Å²) in [4.78, 5) is 19.4. The van der Waals surface area contributed by atoms with Crippen LogP contribution in [-0.4, -0.2) is 64.8 Å². The summed E-state index contributed by atoms with van der Waals surface area (Å²) in [6.45, 7) is 8.42.